The van der Waals surface area contributed by atoms with Crippen LogP contribution in [0.1, 0.15) is 19.4 Å². The van der Waals surface area contributed by atoms with Crippen molar-refractivity contribution < 1.29 is 9.53 Å². The largest absolute Gasteiger partial charge is 0.376 e. The number of benzene rings is 1. The molecule has 0 unspecified atom stereocenters. The van der Waals surface area contributed by atoms with Crippen LogP contribution in [-0.2, 0) is 9.53 Å². The Kier molecular flexibility index (Phi) is 6.15. The van der Waals surface area contributed by atoms with Crippen LogP contribution in [0.3, 0.4) is 0 Å². The number of hydrogen-bond donors (Lipinski definition) is 0. The SMILES string of the molecule is CCN(CC)C(=Cc1ccccc1)C(=O)COC. The van der Waals surface area contributed by atoms with Crippen LogP contribution in [-0.4, -0.2) is 37.5 Å². The molecule has 3 nitrogen and oxygen atoms in total. The van der Waals surface area contributed by atoms with Crippen LogP contribution >= 0.6 is 0 Å². The minimum Gasteiger partial charge on any atom is -0.376 e. The van der Waals surface area contributed by atoms with E-state index in [4.69, 9.17) is 4.74 Å². The van der Waals surface area contributed by atoms with Gasteiger partial charge in [-0.3, -0.25) is 4.79 Å². The van der Waals surface area contributed by atoms with Gasteiger partial charge >= 0.3 is 0 Å². The number of nitrogens with zero attached hydrogens (tertiary/aromatic N) is 1. The molecule has 0 N–H and O–H groups in total. The molecule has 0 spiro atoms. The smallest absolute Gasteiger partial charge is 0.204 e. The Morgan fingerprint density at radius 1 is 1.22 bits per heavy atom. The fourth-order valence-electron chi connectivity index (χ4n) is 1.82. The van der Waals surface area contributed by atoms with E-state index < -0.39 is 0 Å². The van der Waals surface area contributed by atoms with Crippen molar-refractivity contribution in [1.82, 2.24) is 4.90 Å². The van der Waals surface area contributed by atoms with Crippen molar-refractivity contribution in [2.45, 2.75) is 13.8 Å². The summed E-state index contributed by atoms with van der Waals surface area (Å²) in [5.74, 6) is 0.0186. The molecule has 1 aromatic carbocycles. The highest BCUT2D eigenvalue weighted by atomic mass is 16.5. The third kappa shape index (κ3) is 4.00. The zero-order valence-corrected chi connectivity index (χ0v) is 11.3. The zero-order chi connectivity index (χ0) is 13.4. The Balaban J connectivity index is 3.03. The van der Waals surface area contributed by atoms with E-state index in [9.17, 15) is 4.79 Å². The van der Waals surface area contributed by atoms with E-state index in [1.54, 1.807) is 7.11 Å². The molecule has 0 aliphatic heterocycles. The summed E-state index contributed by atoms with van der Waals surface area (Å²) in [7, 11) is 1.54. The molecular weight excluding hydrogens is 226 g/mol. The highest BCUT2D eigenvalue weighted by Gasteiger charge is 2.14. The zero-order valence-electron chi connectivity index (χ0n) is 11.3. The molecule has 0 bridgehead atoms. The Labute approximate surface area is 109 Å². The van der Waals surface area contributed by atoms with E-state index in [0.717, 1.165) is 18.7 Å². The van der Waals surface area contributed by atoms with Crippen LogP contribution in [0, 0.1) is 0 Å². The van der Waals surface area contributed by atoms with E-state index in [-0.39, 0.29) is 12.4 Å². The van der Waals surface area contributed by atoms with Gasteiger partial charge in [0.1, 0.15) is 6.61 Å². The van der Waals surface area contributed by atoms with Gasteiger partial charge in [-0.05, 0) is 25.5 Å². The van der Waals surface area contributed by atoms with Gasteiger partial charge in [0.05, 0.1) is 5.70 Å². The van der Waals surface area contributed by atoms with Crippen LogP contribution in [0.2, 0.25) is 0 Å². The number of rotatable bonds is 7. The average Bonchev–Trinajstić information content (AvgIpc) is 2.40. The maximum Gasteiger partial charge on any atom is 0.204 e. The number of ether oxygens (including phenoxy) is 1. The maximum absolute atomic E-state index is 12.1. The molecule has 0 aliphatic rings. The number of likely N-dealkylation sites (N-methyl/N-ethyl adjacent to an activating group) is 1. The van der Waals surface area contributed by atoms with Gasteiger partial charge in [0, 0.05) is 20.2 Å². The topological polar surface area (TPSA) is 29.5 Å². The van der Waals surface area contributed by atoms with E-state index in [0.29, 0.717) is 5.70 Å². The molecule has 0 heterocycles. The van der Waals surface area contributed by atoms with Crippen LogP contribution in [0.25, 0.3) is 6.08 Å². The van der Waals surface area contributed by atoms with Crippen LogP contribution < -0.4 is 0 Å². The van der Waals surface area contributed by atoms with Crippen molar-refractivity contribution in [3.8, 4) is 0 Å². The van der Waals surface area contributed by atoms with Crippen LogP contribution in [0.15, 0.2) is 36.0 Å². The Morgan fingerprint density at radius 2 is 1.83 bits per heavy atom. The van der Waals surface area contributed by atoms with Crippen molar-refractivity contribution in [1.29, 1.82) is 0 Å². The molecule has 98 valence electrons. The fourth-order valence-corrected chi connectivity index (χ4v) is 1.82. The number of Topliss-reactive ketones (excluding diaryl/α,β-unsaturated/α-hetero) is 1. The van der Waals surface area contributed by atoms with Gasteiger partial charge in [0.2, 0.25) is 5.78 Å². The quantitative estimate of drug-likeness (QED) is 0.694. The van der Waals surface area contributed by atoms with E-state index in [1.807, 2.05) is 55.2 Å². The first kappa shape index (κ1) is 14.5. The molecule has 3 heteroatoms. The fraction of sp³-hybridized carbons (Fsp3) is 0.400. The second kappa shape index (κ2) is 7.67. The lowest BCUT2D eigenvalue weighted by molar-refractivity contribution is -0.120. The predicted molar refractivity (Wildman–Crippen MR) is 74.2 cm³/mol. The number of methoxy groups -OCH3 is 1. The van der Waals surface area contributed by atoms with E-state index in [2.05, 4.69) is 0 Å². The molecule has 0 aromatic heterocycles. The summed E-state index contributed by atoms with van der Waals surface area (Å²) >= 11 is 0. The third-order valence-corrected chi connectivity index (χ3v) is 2.77. The highest BCUT2D eigenvalue weighted by molar-refractivity contribution is 5.99. The molecule has 0 radical (unpaired) electrons. The number of carbonyl (C=O) groups is 1. The van der Waals surface area contributed by atoms with Crippen molar-refractivity contribution in [3.05, 3.63) is 41.6 Å². The third-order valence-electron chi connectivity index (χ3n) is 2.77. The average molecular weight is 247 g/mol. The molecule has 0 saturated heterocycles. The molecule has 1 aromatic rings. The summed E-state index contributed by atoms with van der Waals surface area (Å²) in [6, 6.07) is 9.87. The number of ketones is 1. The van der Waals surface area contributed by atoms with Gasteiger partial charge in [-0.15, -0.1) is 0 Å². The first-order valence-electron chi connectivity index (χ1n) is 6.26. The van der Waals surface area contributed by atoms with Gasteiger partial charge in [0.25, 0.3) is 0 Å². The van der Waals surface area contributed by atoms with Crippen molar-refractivity contribution in [3.63, 3.8) is 0 Å². The lowest BCUT2D eigenvalue weighted by Crippen LogP contribution is -2.29. The molecule has 0 atom stereocenters. The molecular formula is C15H21NO2. The van der Waals surface area contributed by atoms with Crippen molar-refractivity contribution >= 4 is 11.9 Å². The molecule has 0 aliphatic carbocycles. The molecule has 0 fully saturated rings. The molecule has 0 saturated carbocycles. The van der Waals surface area contributed by atoms with E-state index >= 15 is 0 Å². The minimum atomic E-state index is 0.0186. The second-order valence-electron chi connectivity index (χ2n) is 3.97. The normalized spacial score (nSPS) is 11.4. The Hall–Kier alpha value is -1.61. The lowest BCUT2D eigenvalue weighted by atomic mass is 10.1. The number of carbonyl (C=O) groups excluding carboxylic acids is 1. The summed E-state index contributed by atoms with van der Waals surface area (Å²) in [6.45, 7) is 5.83. The first-order valence-corrected chi connectivity index (χ1v) is 6.26. The predicted octanol–water partition coefficient (Wildman–Crippen LogP) is 2.58. The van der Waals surface area contributed by atoms with Crippen LogP contribution in [0.5, 0.6) is 0 Å². The summed E-state index contributed by atoms with van der Waals surface area (Å²) in [5.41, 5.74) is 1.75. The van der Waals surface area contributed by atoms with Gasteiger partial charge in [0.15, 0.2) is 0 Å². The molecule has 0 amide bonds. The summed E-state index contributed by atoms with van der Waals surface area (Å²) in [4.78, 5) is 14.1. The standard InChI is InChI=1S/C15H21NO2/c1-4-16(5-2)14(15(17)12-18-3)11-13-9-7-6-8-10-13/h6-11H,4-5,12H2,1-3H3. The summed E-state index contributed by atoms with van der Waals surface area (Å²) in [5, 5.41) is 0. The lowest BCUT2D eigenvalue weighted by Gasteiger charge is -2.23. The first-order chi connectivity index (χ1) is 8.72. The van der Waals surface area contributed by atoms with Gasteiger partial charge in [-0.1, -0.05) is 30.3 Å². The van der Waals surface area contributed by atoms with Crippen molar-refractivity contribution in [2.75, 3.05) is 26.8 Å². The molecule has 1 rings (SSSR count). The van der Waals surface area contributed by atoms with Gasteiger partial charge < -0.3 is 9.64 Å². The highest BCUT2D eigenvalue weighted by Crippen LogP contribution is 2.12. The summed E-state index contributed by atoms with van der Waals surface area (Å²) < 4.78 is 4.94. The van der Waals surface area contributed by atoms with Gasteiger partial charge in [-0.2, -0.15) is 0 Å². The van der Waals surface area contributed by atoms with E-state index in [1.165, 1.54) is 0 Å². The Morgan fingerprint density at radius 3 is 2.33 bits per heavy atom. The second-order valence-corrected chi connectivity index (χ2v) is 3.97. The van der Waals surface area contributed by atoms with Gasteiger partial charge in [-0.25, -0.2) is 0 Å². The summed E-state index contributed by atoms with van der Waals surface area (Å²) in [6.07, 6.45) is 1.92. The molecule has 18 heavy (non-hydrogen) atoms. The minimum absolute atomic E-state index is 0.0186. The van der Waals surface area contributed by atoms with Crippen molar-refractivity contribution in [2.24, 2.45) is 0 Å². The monoisotopic (exact) mass is 247 g/mol. The number of hydrogen-bond acceptors (Lipinski definition) is 3. The maximum atomic E-state index is 12.1. The Bertz CT molecular complexity index is 394. The van der Waals surface area contributed by atoms with Crippen LogP contribution in [0.4, 0.5) is 0 Å².